The Kier molecular flexibility index (Phi) is 2.29. The van der Waals surface area contributed by atoms with Gasteiger partial charge in [-0.25, -0.2) is 9.97 Å². The highest BCUT2D eigenvalue weighted by Gasteiger charge is 2.35. The lowest BCUT2D eigenvalue weighted by molar-refractivity contribution is 0.0563. The van der Waals surface area contributed by atoms with Gasteiger partial charge in [0.25, 0.3) is 0 Å². The first kappa shape index (κ1) is 9.09. The Hall–Kier alpha value is -1.16. The van der Waals surface area contributed by atoms with Crippen LogP contribution in [-0.4, -0.2) is 40.0 Å². The number of nitrogens with zero attached hydrogens (tertiary/aromatic N) is 3. The molecule has 1 saturated carbocycles. The summed E-state index contributed by atoms with van der Waals surface area (Å²) in [6, 6.07) is 3.26. The number of aromatic nitrogens is 2. The predicted molar refractivity (Wildman–Crippen MR) is 58.7 cm³/mol. The summed E-state index contributed by atoms with van der Waals surface area (Å²) in [5.41, 5.74) is 0. The van der Waals surface area contributed by atoms with E-state index in [0.29, 0.717) is 6.04 Å². The van der Waals surface area contributed by atoms with E-state index in [9.17, 15) is 0 Å². The molecule has 0 radical (unpaired) electrons. The summed E-state index contributed by atoms with van der Waals surface area (Å²) >= 11 is 0. The van der Waals surface area contributed by atoms with E-state index in [1.54, 1.807) is 12.4 Å². The molecule has 3 rings (SSSR count). The standard InChI is InChI=1S/C11H16N4/c1-3-10(4-1)15-7-9(8-15)14-11-12-5-2-6-13-11/h2,5-6,9-10H,1,3-4,7-8H2,(H,12,13,14). The smallest absolute Gasteiger partial charge is 0.222 e. The maximum absolute atomic E-state index is 4.16. The van der Waals surface area contributed by atoms with Crippen molar-refractivity contribution in [2.45, 2.75) is 31.3 Å². The second kappa shape index (κ2) is 3.77. The minimum atomic E-state index is 0.549. The van der Waals surface area contributed by atoms with Gasteiger partial charge in [0.1, 0.15) is 0 Å². The van der Waals surface area contributed by atoms with Crippen LogP contribution in [0.1, 0.15) is 19.3 Å². The van der Waals surface area contributed by atoms with Gasteiger partial charge in [0.15, 0.2) is 0 Å². The van der Waals surface area contributed by atoms with E-state index >= 15 is 0 Å². The van der Waals surface area contributed by atoms with Crippen LogP contribution < -0.4 is 5.32 Å². The van der Waals surface area contributed by atoms with Crippen LogP contribution in [0.4, 0.5) is 5.95 Å². The number of hydrogen-bond donors (Lipinski definition) is 1. The molecule has 0 spiro atoms. The maximum Gasteiger partial charge on any atom is 0.222 e. The summed E-state index contributed by atoms with van der Waals surface area (Å²) in [5, 5.41) is 3.35. The van der Waals surface area contributed by atoms with E-state index in [4.69, 9.17) is 0 Å². The normalized spacial score (nSPS) is 23.2. The molecule has 1 saturated heterocycles. The Bertz CT molecular complexity index is 317. The summed E-state index contributed by atoms with van der Waals surface area (Å²) in [4.78, 5) is 10.9. The van der Waals surface area contributed by atoms with E-state index in [0.717, 1.165) is 25.1 Å². The molecule has 1 aromatic rings. The maximum atomic E-state index is 4.16. The second-order valence-corrected chi connectivity index (χ2v) is 4.45. The van der Waals surface area contributed by atoms with Crippen LogP contribution in [0.5, 0.6) is 0 Å². The van der Waals surface area contributed by atoms with Gasteiger partial charge in [-0.1, -0.05) is 6.42 Å². The van der Waals surface area contributed by atoms with E-state index < -0.39 is 0 Å². The number of rotatable bonds is 3. The molecule has 1 N–H and O–H groups in total. The Labute approximate surface area is 89.7 Å². The quantitative estimate of drug-likeness (QED) is 0.801. The van der Waals surface area contributed by atoms with Crippen molar-refractivity contribution in [3.63, 3.8) is 0 Å². The van der Waals surface area contributed by atoms with Gasteiger partial charge < -0.3 is 5.32 Å². The Morgan fingerprint density at radius 2 is 1.93 bits per heavy atom. The first-order chi connectivity index (χ1) is 7.42. The molecule has 4 heteroatoms. The van der Waals surface area contributed by atoms with Gasteiger partial charge in [-0.2, -0.15) is 0 Å². The molecule has 1 aliphatic heterocycles. The van der Waals surface area contributed by atoms with Gasteiger partial charge in [-0.15, -0.1) is 0 Å². The average Bonchev–Trinajstić information content (AvgIpc) is 2.13. The van der Waals surface area contributed by atoms with Gasteiger partial charge in [0, 0.05) is 31.5 Å². The van der Waals surface area contributed by atoms with E-state index in [2.05, 4.69) is 20.2 Å². The average molecular weight is 204 g/mol. The molecule has 1 aliphatic carbocycles. The molecule has 2 heterocycles. The zero-order valence-corrected chi connectivity index (χ0v) is 8.76. The molecule has 0 unspecified atom stereocenters. The van der Waals surface area contributed by atoms with Crippen molar-refractivity contribution in [3.8, 4) is 0 Å². The third-order valence-electron chi connectivity index (χ3n) is 3.40. The topological polar surface area (TPSA) is 41.1 Å². The van der Waals surface area contributed by atoms with Crippen LogP contribution in [0.3, 0.4) is 0 Å². The van der Waals surface area contributed by atoms with Crippen molar-refractivity contribution >= 4 is 5.95 Å². The second-order valence-electron chi connectivity index (χ2n) is 4.45. The van der Waals surface area contributed by atoms with Gasteiger partial charge in [0.2, 0.25) is 5.95 Å². The first-order valence-electron chi connectivity index (χ1n) is 5.69. The molecule has 80 valence electrons. The summed E-state index contributed by atoms with van der Waals surface area (Å²) in [5.74, 6) is 0.760. The van der Waals surface area contributed by atoms with E-state index in [1.807, 2.05) is 6.07 Å². The van der Waals surface area contributed by atoms with Gasteiger partial charge >= 0.3 is 0 Å². The van der Waals surface area contributed by atoms with Gasteiger partial charge in [0.05, 0.1) is 6.04 Å². The van der Waals surface area contributed by atoms with E-state index in [-0.39, 0.29) is 0 Å². The van der Waals surface area contributed by atoms with Crippen molar-refractivity contribution in [2.24, 2.45) is 0 Å². The van der Waals surface area contributed by atoms with E-state index in [1.165, 1.54) is 19.3 Å². The van der Waals surface area contributed by atoms with Crippen LogP contribution >= 0.6 is 0 Å². The Morgan fingerprint density at radius 3 is 2.53 bits per heavy atom. The Morgan fingerprint density at radius 1 is 1.20 bits per heavy atom. The van der Waals surface area contributed by atoms with Crippen LogP contribution in [0, 0.1) is 0 Å². The summed E-state index contributed by atoms with van der Waals surface area (Å²) in [7, 11) is 0. The zero-order valence-electron chi connectivity index (χ0n) is 8.76. The number of nitrogens with one attached hydrogen (secondary N) is 1. The van der Waals surface area contributed by atoms with Crippen molar-refractivity contribution in [3.05, 3.63) is 18.5 Å². The van der Waals surface area contributed by atoms with Gasteiger partial charge in [-0.05, 0) is 18.9 Å². The molecular weight excluding hydrogens is 188 g/mol. The van der Waals surface area contributed by atoms with Crippen LogP contribution in [0.15, 0.2) is 18.5 Å². The minimum absolute atomic E-state index is 0.549. The molecule has 0 bridgehead atoms. The molecule has 0 amide bonds. The Balaban J connectivity index is 1.47. The zero-order chi connectivity index (χ0) is 10.1. The first-order valence-corrected chi connectivity index (χ1v) is 5.69. The van der Waals surface area contributed by atoms with Crippen molar-refractivity contribution < 1.29 is 0 Å². The highest BCUT2D eigenvalue weighted by Crippen LogP contribution is 2.28. The van der Waals surface area contributed by atoms with Crippen LogP contribution in [-0.2, 0) is 0 Å². The fourth-order valence-corrected chi connectivity index (χ4v) is 2.21. The van der Waals surface area contributed by atoms with Crippen molar-refractivity contribution in [1.82, 2.24) is 14.9 Å². The third kappa shape index (κ3) is 1.81. The molecule has 2 fully saturated rings. The minimum Gasteiger partial charge on any atom is -0.349 e. The third-order valence-corrected chi connectivity index (χ3v) is 3.40. The van der Waals surface area contributed by atoms with Gasteiger partial charge in [-0.3, -0.25) is 4.90 Å². The highest BCUT2D eigenvalue weighted by molar-refractivity contribution is 5.26. The predicted octanol–water partition coefficient (Wildman–Crippen LogP) is 1.13. The number of hydrogen-bond acceptors (Lipinski definition) is 4. The lowest BCUT2D eigenvalue weighted by Gasteiger charge is -2.47. The summed E-state index contributed by atoms with van der Waals surface area (Å²) in [6.07, 6.45) is 7.76. The summed E-state index contributed by atoms with van der Waals surface area (Å²) < 4.78 is 0. The highest BCUT2D eigenvalue weighted by atomic mass is 15.3. The number of likely N-dealkylation sites (tertiary alicyclic amines) is 1. The fourth-order valence-electron chi connectivity index (χ4n) is 2.21. The number of anilines is 1. The van der Waals surface area contributed by atoms with Crippen molar-refractivity contribution in [1.29, 1.82) is 0 Å². The van der Waals surface area contributed by atoms with Crippen molar-refractivity contribution in [2.75, 3.05) is 18.4 Å². The SMILES string of the molecule is c1cnc(NC2CN(C3CCC3)C2)nc1. The largest absolute Gasteiger partial charge is 0.349 e. The molecule has 4 nitrogen and oxygen atoms in total. The lowest BCUT2D eigenvalue weighted by Crippen LogP contribution is -2.60. The molecular formula is C11H16N4. The summed E-state index contributed by atoms with van der Waals surface area (Å²) in [6.45, 7) is 2.31. The molecule has 0 atom stereocenters. The molecule has 1 aromatic heterocycles. The molecule has 2 aliphatic rings. The fraction of sp³-hybridized carbons (Fsp3) is 0.636. The monoisotopic (exact) mass is 204 g/mol. The van der Waals surface area contributed by atoms with Crippen LogP contribution in [0.25, 0.3) is 0 Å². The van der Waals surface area contributed by atoms with Crippen LogP contribution in [0.2, 0.25) is 0 Å². The lowest BCUT2D eigenvalue weighted by atomic mass is 9.88. The molecule has 0 aromatic carbocycles. The molecule has 15 heavy (non-hydrogen) atoms.